The number of para-hydroxylation sites is 1. The van der Waals surface area contributed by atoms with Crippen LogP contribution in [0.1, 0.15) is 16.7 Å². The van der Waals surface area contributed by atoms with E-state index in [1.165, 1.54) is 5.56 Å². The molecule has 33 heavy (non-hydrogen) atoms. The third-order valence-electron chi connectivity index (χ3n) is 5.84. The van der Waals surface area contributed by atoms with Gasteiger partial charge in [-0.3, -0.25) is 14.2 Å². The van der Waals surface area contributed by atoms with Gasteiger partial charge in [-0.15, -0.1) is 0 Å². The smallest absolute Gasteiger partial charge is 0.278 e. The molecule has 0 saturated heterocycles. The molecule has 1 amide bonds. The number of hydrogen-bond donors (Lipinski definition) is 1. The Morgan fingerprint density at radius 1 is 0.909 bits per heavy atom. The van der Waals surface area contributed by atoms with Gasteiger partial charge >= 0.3 is 0 Å². The standard InChI is InChI=1S/C27H24N4O2/c1-19-11-13-20(14-12-19)15-28-24(32)17-31-23-10-6-5-9-22(23)25-26(31)27(33)30(18-29-25)16-21-7-3-2-4-8-21/h2-14,18H,15-17H2,1H3,(H,28,32). The number of carbonyl (C=O) groups is 1. The SMILES string of the molecule is Cc1ccc(CNC(=O)Cn2c3ccccc3c3ncn(Cc4ccccc4)c(=O)c32)cc1. The van der Waals surface area contributed by atoms with Gasteiger partial charge in [0.05, 0.1) is 18.4 Å². The lowest BCUT2D eigenvalue weighted by atomic mass is 10.1. The van der Waals surface area contributed by atoms with Crippen molar-refractivity contribution in [1.82, 2.24) is 19.4 Å². The highest BCUT2D eigenvalue weighted by molar-refractivity contribution is 6.06. The van der Waals surface area contributed by atoms with Crippen LogP contribution in [0.4, 0.5) is 0 Å². The largest absolute Gasteiger partial charge is 0.350 e. The molecule has 0 spiro atoms. The first-order valence-electron chi connectivity index (χ1n) is 10.9. The predicted octanol–water partition coefficient (Wildman–Crippen LogP) is 4.02. The average Bonchev–Trinajstić information content (AvgIpc) is 3.15. The molecule has 1 N–H and O–H groups in total. The van der Waals surface area contributed by atoms with Crippen molar-refractivity contribution in [2.45, 2.75) is 26.6 Å². The number of fused-ring (bicyclic) bond motifs is 3. The van der Waals surface area contributed by atoms with Gasteiger partial charge in [-0.25, -0.2) is 4.98 Å². The monoisotopic (exact) mass is 436 g/mol. The molecule has 0 saturated carbocycles. The normalized spacial score (nSPS) is 11.2. The molecule has 6 nitrogen and oxygen atoms in total. The number of carbonyl (C=O) groups excluding carboxylic acids is 1. The summed E-state index contributed by atoms with van der Waals surface area (Å²) in [5.41, 5.74) is 4.94. The van der Waals surface area contributed by atoms with E-state index in [2.05, 4.69) is 10.3 Å². The molecule has 2 heterocycles. The van der Waals surface area contributed by atoms with Gasteiger partial charge in [0.2, 0.25) is 5.91 Å². The lowest BCUT2D eigenvalue weighted by Crippen LogP contribution is -2.29. The minimum Gasteiger partial charge on any atom is -0.350 e. The van der Waals surface area contributed by atoms with E-state index in [1.807, 2.05) is 85.8 Å². The van der Waals surface area contributed by atoms with Crippen molar-refractivity contribution in [2.24, 2.45) is 0 Å². The van der Waals surface area contributed by atoms with E-state index in [-0.39, 0.29) is 18.0 Å². The van der Waals surface area contributed by atoms with Crippen LogP contribution in [0.15, 0.2) is 90.0 Å². The lowest BCUT2D eigenvalue weighted by molar-refractivity contribution is -0.121. The molecule has 5 aromatic rings. The Bertz CT molecular complexity index is 1500. The van der Waals surface area contributed by atoms with Gasteiger partial charge in [-0.05, 0) is 24.1 Å². The van der Waals surface area contributed by atoms with E-state index in [4.69, 9.17) is 0 Å². The van der Waals surface area contributed by atoms with Crippen molar-refractivity contribution in [2.75, 3.05) is 0 Å². The molecular weight excluding hydrogens is 412 g/mol. The first-order chi connectivity index (χ1) is 16.1. The zero-order chi connectivity index (χ0) is 22.8. The molecule has 5 rings (SSSR count). The van der Waals surface area contributed by atoms with Crippen molar-refractivity contribution in [3.8, 4) is 0 Å². The summed E-state index contributed by atoms with van der Waals surface area (Å²) in [4.78, 5) is 31.0. The Balaban J connectivity index is 1.50. The molecule has 0 bridgehead atoms. The fourth-order valence-corrected chi connectivity index (χ4v) is 4.11. The lowest BCUT2D eigenvalue weighted by Gasteiger charge is -2.10. The van der Waals surface area contributed by atoms with Crippen LogP contribution in [0.2, 0.25) is 0 Å². The second-order valence-electron chi connectivity index (χ2n) is 8.23. The number of hydrogen-bond acceptors (Lipinski definition) is 3. The quantitative estimate of drug-likeness (QED) is 0.437. The molecule has 0 aliphatic rings. The van der Waals surface area contributed by atoms with Crippen LogP contribution in [-0.4, -0.2) is 20.0 Å². The number of benzene rings is 3. The number of amides is 1. The van der Waals surface area contributed by atoms with E-state index in [0.717, 1.165) is 22.0 Å². The highest BCUT2D eigenvalue weighted by Crippen LogP contribution is 2.25. The fourth-order valence-electron chi connectivity index (χ4n) is 4.11. The highest BCUT2D eigenvalue weighted by Gasteiger charge is 2.18. The first kappa shape index (κ1) is 20.7. The minimum absolute atomic E-state index is 0.0438. The molecule has 0 fully saturated rings. The molecule has 164 valence electrons. The number of nitrogens with one attached hydrogen (secondary N) is 1. The molecule has 3 aromatic carbocycles. The van der Waals surface area contributed by atoms with Gasteiger partial charge in [0, 0.05) is 11.9 Å². The fraction of sp³-hybridized carbons (Fsp3) is 0.148. The summed E-state index contributed by atoms with van der Waals surface area (Å²) in [6.45, 7) is 2.93. The van der Waals surface area contributed by atoms with Crippen LogP contribution in [0.3, 0.4) is 0 Å². The van der Waals surface area contributed by atoms with Gasteiger partial charge in [0.1, 0.15) is 17.6 Å². The van der Waals surface area contributed by atoms with Crippen LogP contribution in [0, 0.1) is 6.92 Å². The second kappa shape index (κ2) is 8.74. The molecular formula is C27H24N4O2. The van der Waals surface area contributed by atoms with Crippen LogP contribution >= 0.6 is 0 Å². The number of nitrogens with zero attached hydrogens (tertiary/aromatic N) is 3. The van der Waals surface area contributed by atoms with Crippen molar-refractivity contribution in [3.63, 3.8) is 0 Å². The van der Waals surface area contributed by atoms with Crippen LogP contribution in [0.5, 0.6) is 0 Å². The highest BCUT2D eigenvalue weighted by atomic mass is 16.2. The van der Waals surface area contributed by atoms with Gasteiger partial charge in [0.15, 0.2) is 0 Å². The van der Waals surface area contributed by atoms with E-state index in [9.17, 15) is 9.59 Å². The van der Waals surface area contributed by atoms with Crippen molar-refractivity contribution in [1.29, 1.82) is 0 Å². The van der Waals surface area contributed by atoms with Crippen LogP contribution in [-0.2, 0) is 24.4 Å². The van der Waals surface area contributed by atoms with E-state index >= 15 is 0 Å². The first-order valence-corrected chi connectivity index (χ1v) is 10.9. The zero-order valence-corrected chi connectivity index (χ0v) is 18.4. The maximum absolute atomic E-state index is 13.5. The summed E-state index contributed by atoms with van der Waals surface area (Å²) in [6, 6.07) is 25.5. The number of rotatable bonds is 6. The van der Waals surface area contributed by atoms with Crippen molar-refractivity contribution < 1.29 is 4.79 Å². The summed E-state index contributed by atoms with van der Waals surface area (Å²) in [5.74, 6) is -0.156. The third kappa shape index (κ3) is 4.15. The topological polar surface area (TPSA) is 68.9 Å². The summed E-state index contributed by atoms with van der Waals surface area (Å²) >= 11 is 0. The molecule has 0 aliphatic heterocycles. The predicted molar refractivity (Wildman–Crippen MR) is 130 cm³/mol. The molecule has 0 radical (unpaired) electrons. The number of aryl methyl sites for hydroxylation is 1. The molecule has 6 heteroatoms. The summed E-state index contributed by atoms with van der Waals surface area (Å²) in [5, 5.41) is 3.83. The Morgan fingerprint density at radius 3 is 2.42 bits per heavy atom. The van der Waals surface area contributed by atoms with Gasteiger partial charge in [0.25, 0.3) is 5.56 Å². The summed E-state index contributed by atoms with van der Waals surface area (Å²) in [6.07, 6.45) is 1.59. The third-order valence-corrected chi connectivity index (χ3v) is 5.84. The Kier molecular flexibility index (Phi) is 5.48. The van der Waals surface area contributed by atoms with Gasteiger partial charge in [-0.2, -0.15) is 0 Å². The maximum Gasteiger partial charge on any atom is 0.278 e. The second-order valence-corrected chi connectivity index (χ2v) is 8.23. The van der Waals surface area contributed by atoms with Gasteiger partial charge in [-0.1, -0.05) is 78.4 Å². The van der Waals surface area contributed by atoms with E-state index < -0.39 is 0 Å². The van der Waals surface area contributed by atoms with Crippen LogP contribution < -0.4 is 10.9 Å². The van der Waals surface area contributed by atoms with Crippen molar-refractivity contribution in [3.05, 3.63) is 112 Å². The number of aromatic nitrogens is 3. The molecule has 0 atom stereocenters. The molecule has 2 aromatic heterocycles. The zero-order valence-electron chi connectivity index (χ0n) is 18.4. The summed E-state index contributed by atoms with van der Waals surface area (Å²) < 4.78 is 3.38. The Hall–Kier alpha value is -4.19. The van der Waals surface area contributed by atoms with E-state index in [0.29, 0.717) is 24.1 Å². The summed E-state index contributed by atoms with van der Waals surface area (Å²) in [7, 11) is 0. The van der Waals surface area contributed by atoms with E-state index in [1.54, 1.807) is 15.5 Å². The molecule has 0 aliphatic carbocycles. The minimum atomic E-state index is -0.161. The van der Waals surface area contributed by atoms with Gasteiger partial charge < -0.3 is 9.88 Å². The molecule has 0 unspecified atom stereocenters. The Labute approximate surface area is 191 Å². The maximum atomic E-state index is 13.5. The van der Waals surface area contributed by atoms with Crippen molar-refractivity contribution >= 4 is 27.8 Å². The van der Waals surface area contributed by atoms with Crippen LogP contribution in [0.25, 0.3) is 21.9 Å². The Morgan fingerprint density at radius 2 is 1.64 bits per heavy atom. The average molecular weight is 437 g/mol.